The molecule has 0 aromatic rings. The van der Waals surface area contributed by atoms with E-state index in [9.17, 15) is 5.11 Å². The minimum atomic E-state index is -0.919. The molecule has 0 aliphatic heterocycles. The average Bonchev–Trinajstić information content (AvgIpc) is 1.88. The van der Waals surface area contributed by atoms with Gasteiger partial charge in [0.2, 0.25) is 0 Å². The second-order valence-electron chi connectivity index (χ2n) is 2.87. The van der Waals surface area contributed by atoms with Crippen molar-refractivity contribution in [2.75, 3.05) is 6.61 Å². The van der Waals surface area contributed by atoms with E-state index in [-0.39, 0.29) is 6.61 Å². The fraction of sp³-hybridized carbons (Fsp3) is 0.750. The molecule has 0 aliphatic rings. The van der Waals surface area contributed by atoms with Gasteiger partial charge in [-0.15, -0.1) is 0 Å². The summed E-state index contributed by atoms with van der Waals surface area (Å²) in [7, 11) is 0. The molecule has 0 heterocycles. The highest BCUT2D eigenvalue weighted by Crippen LogP contribution is 2.15. The SMILES string of the molecule is C=C(C)[C@@H](CO)[C@@H](O)[C@H](C)O. The van der Waals surface area contributed by atoms with Gasteiger partial charge in [0.05, 0.1) is 18.8 Å². The third-order valence-electron chi connectivity index (χ3n) is 1.74. The summed E-state index contributed by atoms with van der Waals surface area (Å²) in [6.07, 6.45) is -1.75. The normalized spacial score (nSPS) is 19.0. The molecule has 0 aliphatic carbocycles. The summed E-state index contributed by atoms with van der Waals surface area (Å²) in [5.74, 6) is -0.421. The summed E-state index contributed by atoms with van der Waals surface area (Å²) < 4.78 is 0. The van der Waals surface area contributed by atoms with Gasteiger partial charge in [0.15, 0.2) is 0 Å². The van der Waals surface area contributed by atoms with Gasteiger partial charge in [-0.2, -0.15) is 0 Å². The predicted molar refractivity (Wildman–Crippen MR) is 43.1 cm³/mol. The van der Waals surface area contributed by atoms with Crippen molar-refractivity contribution in [3.63, 3.8) is 0 Å². The van der Waals surface area contributed by atoms with E-state index in [4.69, 9.17) is 10.2 Å². The summed E-state index contributed by atoms with van der Waals surface area (Å²) in [5.41, 5.74) is 0.681. The van der Waals surface area contributed by atoms with Crippen molar-refractivity contribution in [2.45, 2.75) is 26.1 Å². The maximum atomic E-state index is 9.29. The van der Waals surface area contributed by atoms with Gasteiger partial charge in [-0.05, 0) is 13.8 Å². The van der Waals surface area contributed by atoms with Gasteiger partial charge in [0, 0.05) is 5.92 Å². The molecule has 66 valence electrons. The Morgan fingerprint density at radius 1 is 1.45 bits per heavy atom. The molecular weight excluding hydrogens is 144 g/mol. The Bertz CT molecular complexity index is 131. The van der Waals surface area contributed by atoms with E-state index < -0.39 is 18.1 Å². The van der Waals surface area contributed by atoms with E-state index in [1.165, 1.54) is 6.92 Å². The summed E-state index contributed by atoms with van der Waals surface area (Å²) in [5, 5.41) is 27.0. The number of aliphatic hydroxyl groups excluding tert-OH is 3. The Kier molecular flexibility index (Phi) is 4.33. The van der Waals surface area contributed by atoms with E-state index >= 15 is 0 Å². The first-order valence-electron chi connectivity index (χ1n) is 3.63. The van der Waals surface area contributed by atoms with Crippen LogP contribution in [0.2, 0.25) is 0 Å². The maximum Gasteiger partial charge on any atom is 0.0883 e. The van der Waals surface area contributed by atoms with Crippen molar-refractivity contribution >= 4 is 0 Å². The molecule has 0 aromatic carbocycles. The second kappa shape index (κ2) is 4.49. The standard InChI is InChI=1S/C8H16O3/c1-5(2)7(4-9)8(11)6(3)10/h6-11H,1,4H2,2-3H3/t6-,7+,8-/m0/s1. The summed E-state index contributed by atoms with van der Waals surface area (Å²) in [4.78, 5) is 0. The van der Waals surface area contributed by atoms with E-state index in [0.717, 1.165) is 0 Å². The van der Waals surface area contributed by atoms with Gasteiger partial charge >= 0.3 is 0 Å². The second-order valence-corrected chi connectivity index (χ2v) is 2.87. The highest BCUT2D eigenvalue weighted by molar-refractivity contribution is 5.00. The Labute approximate surface area is 67.0 Å². The Hall–Kier alpha value is -0.380. The van der Waals surface area contributed by atoms with Gasteiger partial charge in [0.1, 0.15) is 0 Å². The van der Waals surface area contributed by atoms with E-state index in [1.54, 1.807) is 6.92 Å². The summed E-state index contributed by atoms with van der Waals surface area (Å²) in [6.45, 7) is 6.62. The van der Waals surface area contributed by atoms with Crippen LogP contribution in [-0.4, -0.2) is 34.1 Å². The molecule has 0 saturated carbocycles. The maximum absolute atomic E-state index is 9.29. The van der Waals surface area contributed by atoms with Crippen LogP contribution in [-0.2, 0) is 0 Å². The topological polar surface area (TPSA) is 60.7 Å². The lowest BCUT2D eigenvalue weighted by atomic mass is 9.93. The molecule has 0 aromatic heterocycles. The van der Waals surface area contributed by atoms with Crippen molar-refractivity contribution in [1.82, 2.24) is 0 Å². The van der Waals surface area contributed by atoms with Crippen LogP contribution in [0.3, 0.4) is 0 Å². The first-order chi connectivity index (χ1) is 5.00. The largest absolute Gasteiger partial charge is 0.396 e. The summed E-state index contributed by atoms with van der Waals surface area (Å²) >= 11 is 0. The molecule has 0 amide bonds. The van der Waals surface area contributed by atoms with Gasteiger partial charge in [-0.3, -0.25) is 0 Å². The molecule has 0 fully saturated rings. The van der Waals surface area contributed by atoms with Crippen molar-refractivity contribution < 1.29 is 15.3 Å². The van der Waals surface area contributed by atoms with Crippen molar-refractivity contribution in [3.8, 4) is 0 Å². The Morgan fingerprint density at radius 2 is 1.91 bits per heavy atom. The first kappa shape index (κ1) is 10.6. The van der Waals surface area contributed by atoms with Crippen LogP contribution in [0.5, 0.6) is 0 Å². The van der Waals surface area contributed by atoms with E-state index in [0.29, 0.717) is 5.57 Å². The molecule has 0 spiro atoms. The van der Waals surface area contributed by atoms with Crippen LogP contribution >= 0.6 is 0 Å². The van der Waals surface area contributed by atoms with E-state index in [2.05, 4.69) is 6.58 Å². The summed E-state index contributed by atoms with van der Waals surface area (Å²) in [6, 6.07) is 0. The number of aliphatic hydroxyl groups is 3. The quantitative estimate of drug-likeness (QED) is 0.504. The van der Waals surface area contributed by atoms with Gasteiger partial charge in [-0.25, -0.2) is 0 Å². The highest BCUT2D eigenvalue weighted by atomic mass is 16.3. The van der Waals surface area contributed by atoms with Crippen LogP contribution in [0.4, 0.5) is 0 Å². The fourth-order valence-corrected chi connectivity index (χ4v) is 0.892. The number of hydrogen-bond acceptors (Lipinski definition) is 3. The highest BCUT2D eigenvalue weighted by Gasteiger charge is 2.22. The lowest BCUT2D eigenvalue weighted by Crippen LogP contribution is -2.33. The van der Waals surface area contributed by atoms with Gasteiger partial charge < -0.3 is 15.3 Å². The molecule has 3 heteroatoms. The smallest absolute Gasteiger partial charge is 0.0883 e. The molecule has 0 rings (SSSR count). The van der Waals surface area contributed by atoms with Crippen molar-refractivity contribution in [3.05, 3.63) is 12.2 Å². The Morgan fingerprint density at radius 3 is 2.00 bits per heavy atom. The lowest BCUT2D eigenvalue weighted by Gasteiger charge is -2.23. The molecule has 0 saturated heterocycles. The zero-order valence-electron chi connectivity index (χ0n) is 6.99. The molecule has 11 heavy (non-hydrogen) atoms. The molecule has 0 bridgehead atoms. The third kappa shape index (κ3) is 3.01. The van der Waals surface area contributed by atoms with Gasteiger partial charge in [0.25, 0.3) is 0 Å². The molecule has 0 radical (unpaired) electrons. The zero-order valence-corrected chi connectivity index (χ0v) is 6.99. The van der Waals surface area contributed by atoms with Crippen molar-refractivity contribution in [1.29, 1.82) is 0 Å². The average molecular weight is 160 g/mol. The number of rotatable bonds is 4. The minimum absolute atomic E-state index is 0.179. The lowest BCUT2D eigenvalue weighted by molar-refractivity contribution is -0.0118. The molecule has 0 unspecified atom stereocenters. The molecule has 3 atom stereocenters. The molecular formula is C8H16O3. The van der Waals surface area contributed by atoms with Crippen molar-refractivity contribution in [2.24, 2.45) is 5.92 Å². The van der Waals surface area contributed by atoms with Crippen LogP contribution < -0.4 is 0 Å². The minimum Gasteiger partial charge on any atom is -0.396 e. The van der Waals surface area contributed by atoms with Crippen LogP contribution in [0.25, 0.3) is 0 Å². The third-order valence-corrected chi connectivity index (χ3v) is 1.74. The van der Waals surface area contributed by atoms with Gasteiger partial charge in [-0.1, -0.05) is 12.2 Å². The first-order valence-corrected chi connectivity index (χ1v) is 3.63. The van der Waals surface area contributed by atoms with Crippen LogP contribution in [0, 0.1) is 5.92 Å². The fourth-order valence-electron chi connectivity index (χ4n) is 0.892. The van der Waals surface area contributed by atoms with E-state index in [1.807, 2.05) is 0 Å². The molecule has 3 nitrogen and oxygen atoms in total. The van der Waals surface area contributed by atoms with Crippen LogP contribution in [0.15, 0.2) is 12.2 Å². The zero-order chi connectivity index (χ0) is 9.02. The predicted octanol–water partition coefficient (Wildman–Crippen LogP) is -0.0873. The number of hydrogen-bond donors (Lipinski definition) is 3. The van der Waals surface area contributed by atoms with Crippen LogP contribution in [0.1, 0.15) is 13.8 Å². The monoisotopic (exact) mass is 160 g/mol. The Balaban J connectivity index is 4.14. The molecule has 3 N–H and O–H groups in total.